The lowest BCUT2D eigenvalue weighted by Crippen LogP contribution is -2.72. The molecular formula is C26H23BrClN3O3S. The number of rotatable bonds is 5. The van der Waals surface area contributed by atoms with Crippen LogP contribution in [0.3, 0.4) is 0 Å². The van der Waals surface area contributed by atoms with E-state index < -0.39 is 17.7 Å². The van der Waals surface area contributed by atoms with E-state index in [4.69, 9.17) is 33.3 Å². The highest BCUT2D eigenvalue weighted by Crippen LogP contribution is 2.52. The Bertz CT molecular complexity index is 1310. The highest BCUT2D eigenvalue weighted by atomic mass is 79.9. The number of amides is 1. The number of carbonyl (C=O) groups is 1. The summed E-state index contributed by atoms with van der Waals surface area (Å²) in [6.45, 7) is 4.31. The molecule has 3 aromatic carbocycles. The van der Waals surface area contributed by atoms with Gasteiger partial charge in [0.1, 0.15) is 5.92 Å². The Hall–Kier alpha value is -2.81. The summed E-state index contributed by atoms with van der Waals surface area (Å²) in [5.41, 5.74) is 1.11. The first kappa shape index (κ1) is 23.9. The number of nitrogens with zero attached hydrogens (tertiary/aromatic N) is 1. The van der Waals surface area contributed by atoms with Crippen molar-refractivity contribution in [1.29, 1.82) is 0 Å². The van der Waals surface area contributed by atoms with Gasteiger partial charge in [0.15, 0.2) is 22.3 Å². The van der Waals surface area contributed by atoms with Crippen LogP contribution in [0.5, 0.6) is 11.5 Å². The van der Waals surface area contributed by atoms with E-state index in [1.54, 1.807) is 24.3 Å². The van der Waals surface area contributed by atoms with Gasteiger partial charge in [0.05, 0.1) is 12.6 Å². The van der Waals surface area contributed by atoms with Gasteiger partial charge in [0.25, 0.3) is 0 Å². The molecule has 2 N–H and O–H groups in total. The second kappa shape index (κ2) is 9.33. The Labute approximate surface area is 222 Å². The number of carbonyl (C=O) groups excluding carboxylic acids is 1. The minimum atomic E-state index is -1.15. The first-order valence-corrected chi connectivity index (χ1v) is 12.8. The zero-order chi connectivity index (χ0) is 24.7. The first-order valence-electron chi connectivity index (χ1n) is 11.2. The second-order valence-corrected chi connectivity index (χ2v) is 10.2. The molecule has 35 heavy (non-hydrogen) atoms. The van der Waals surface area contributed by atoms with E-state index >= 15 is 0 Å². The molecule has 3 atom stereocenters. The number of hydrogen-bond acceptors (Lipinski definition) is 4. The van der Waals surface area contributed by atoms with Gasteiger partial charge in [0.2, 0.25) is 5.91 Å². The molecule has 3 unspecified atom stereocenters. The van der Waals surface area contributed by atoms with E-state index in [1.807, 2.05) is 61.2 Å². The lowest BCUT2D eigenvalue weighted by molar-refractivity contribution is -0.130. The van der Waals surface area contributed by atoms with Crippen LogP contribution in [0.25, 0.3) is 0 Å². The van der Waals surface area contributed by atoms with Crippen molar-refractivity contribution in [2.24, 2.45) is 5.92 Å². The predicted molar refractivity (Wildman–Crippen MR) is 145 cm³/mol. The van der Waals surface area contributed by atoms with Crippen LogP contribution in [0.15, 0.2) is 71.2 Å². The molecule has 5 rings (SSSR count). The zero-order valence-corrected chi connectivity index (χ0v) is 22.2. The molecule has 2 heterocycles. The van der Waals surface area contributed by atoms with E-state index in [2.05, 4.69) is 26.6 Å². The van der Waals surface area contributed by atoms with E-state index in [1.165, 1.54) is 0 Å². The summed E-state index contributed by atoms with van der Waals surface area (Å²) in [6.07, 6.45) is 0. The predicted octanol–water partition coefficient (Wildman–Crippen LogP) is 6.30. The van der Waals surface area contributed by atoms with Crippen LogP contribution in [-0.2, 0) is 4.79 Å². The molecule has 0 aliphatic carbocycles. The van der Waals surface area contributed by atoms with Gasteiger partial charge >= 0.3 is 0 Å². The van der Waals surface area contributed by atoms with Crippen LogP contribution < -0.4 is 25.0 Å². The molecule has 3 aromatic rings. The molecule has 1 saturated heterocycles. The van der Waals surface area contributed by atoms with Crippen molar-refractivity contribution < 1.29 is 14.3 Å². The topological polar surface area (TPSA) is 62.8 Å². The number of hydrogen-bond donors (Lipinski definition) is 2. The smallest absolute Gasteiger partial charge is 0.236 e. The van der Waals surface area contributed by atoms with Gasteiger partial charge in [-0.1, -0.05) is 45.7 Å². The van der Waals surface area contributed by atoms with Crippen LogP contribution >= 0.6 is 39.7 Å². The summed E-state index contributed by atoms with van der Waals surface area (Å²) < 4.78 is 13.5. The van der Waals surface area contributed by atoms with Crippen LogP contribution in [-0.4, -0.2) is 23.4 Å². The highest BCUT2D eigenvalue weighted by Gasteiger charge is 2.59. The second-order valence-electron chi connectivity index (χ2n) is 8.48. The minimum absolute atomic E-state index is 0.206. The SMILES string of the molecule is CCOc1cccc2c1OC1(C)C(C(=O)Nc3ccc(Cl)cc3)C2NC(=S)N1c1cccc(Br)c1. The Morgan fingerprint density at radius 1 is 1.23 bits per heavy atom. The molecule has 0 radical (unpaired) electrons. The summed E-state index contributed by atoms with van der Waals surface area (Å²) in [4.78, 5) is 15.7. The average Bonchev–Trinajstić information content (AvgIpc) is 2.81. The maximum Gasteiger partial charge on any atom is 0.236 e. The quantitative estimate of drug-likeness (QED) is 0.350. The molecule has 0 aromatic heterocycles. The molecule has 6 nitrogen and oxygen atoms in total. The summed E-state index contributed by atoms with van der Waals surface area (Å²) >= 11 is 15.4. The van der Waals surface area contributed by atoms with Crippen molar-refractivity contribution in [3.63, 3.8) is 0 Å². The fourth-order valence-corrected chi connectivity index (χ4v) is 5.72. The number of nitrogens with one attached hydrogen (secondary N) is 2. The third-order valence-electron chi connectivity index (χ3n) is 6.25. The molecule has 2 aliphatic rings. The Kier molecular flexibility index (Phi) is 6.38. The third kappa shape index (κ3) is 4.24. The van der Waals surface area contributed by atoms with Crippen LogP contribution in [0.1, 0.15) is 25.5 Å². The van der Waals surface area contributed by atoms with Crippen molar-refractivity contribution in [3.8, 4) is 11.5 Å². The average molecular weight is 573 g/mol. The Morgan fingerprint density at radius 3 is 2.69 bits per heavy atom. The van der Waals surface area contributed by atoms with Crippen LogP contribution in [0, 0.1) is 5.92 Å². The molecule has 1 amide bonds. The minimum Gasteiger partial charge on any atom is -0.490 e. The van der Waals surface area contributed by atoms with Gasteiger partial charge in [-0.3, -0.25) is 9.69 Å². The normalized spacial score (nSPS) is 22.5. The van der Waals surface area contributed by atoms with Gasteiger partial charge in [-0.05, 0) is 74.6 Å². The number of benzene rings is 3. The monoisotopic (exact) mass is 571 g/mol. The van der Waals surface area contributed by atoms with E-state index in [9.17, 15) is 4.79 Å². The molecule has 0 spiro atoms. The van der Waals surface area contributed by atoms with Crippen LogP contribution in [0.4, 0.5) is 11.4 Å². The van der Waals surface area contributed by atoms with Crippen molar-refractivity contribution >= 4 is 62.1 Å². The van der Waals surface area contributed by atoms with Gasteiger partial charge in [0, 0.05) is 26.4 Å². The molecule has 0 saturated carbocycles. The standard InChI is InChI=1S/C26H23BrClN3O3S/c1-3-33-20-9-5-8-19-22-21(24(32)29-17-12-10-16(28)11-13-17)26(2,34-23(19)20)31(25(35)30-22)18-7-4-6-15(27)14-18/h4-14,21-22H,3H2,1-2H3,(H,29,32)(H,30,35). The number of ether oxygens (including phenoxy) is 2. The fraction of sp³-hybridized carbons (Fsp3) is 0.231. The lowest BCUT2D eigenvalue weighted by atomic mass is 9.78. The van der Waals surface area contributed by atoms with Gasteiger partial charge in [-0.25, -0.2) is 0 Å². The third-order valence-corrected chi connectivity index (χ3v) is 7.30. The zero-order valence-electron chi connectivity index (χ0n) is 19.0. The number of thiocarbonyl (C=S) groups is 1. The summed E-state index contributed by atoms with van der Waals surface area (Å²) in [6, 6.07) is 20.0. The Balaban J connectivity index is 1.64. The molecule has 180 valence electrons. The Morgan fingerprint density at radius 2 is 1.97 bits per heavy atom. The van der Waals surface area contributed by atoms with E-state index in [-0.39, 0.29) is 5.91 Å². The summed E-state index contributed by atoms with van der Waals surface area (Å²) in [7, 11) is 0. The maximum absolute atomic E-state index is 13.9. The first-order chi connectivity index (χ1) is 16.8. The number of halogens is 2. The van der Waals surface area contributed by atoms with E-state index in [0.29, 0.717) is 33.9 Å². The molecule has 2 aliphatic heterocycles. The van der Waals surface area contributed by atoms with Gasteiger partial charge in [-0.15, -0.1) is 0 Å². The molecule has 2 bridgehead atoms. The number of fused-ring (bicyclic) bond motifs is 4. The maximum atomic E-state index is 13.9. The fourth-order valence-electron chi connectivity index (χ4n) is 4.80. The summed E-state index contributed by atoms with van der Waals surface area (Å²) in [5.74, 6) is 0.365. The number of para-hydroxylation sites is 1. The highest BCUT2D eigenvalue weighted by molar-refractivity contribution is 9.10. The molecular weight excluding hydrogens is 550 g/mol. The van der Waals surface area contributed by atoms with E-state index in [0.717, 1.165) is 15.7 Å². The number of anilines is 2. The van der Waals surface area contributed by atoms with Crippen molar-refractivity contribution in [3.05, 3.63) is 81.8 Å². The van der Waals surface area contributed by atoms with Crippen molar-refractivity contribution in [1.82, 2.24) is 5.32 Å². The summed E-state index contributed by atoms with van der Waals surface area (Å²) in [5, 5.41) is 7.52. The van der Waals surface area contributed by atoms with Gasteiger partial charge in [-0.2, -0.15) is 0 Å². The van der Waals surface area contributed by atoms with Crippen molar-refractivity contribution in [2.75, 3.05) is 16.8 Å². The van der Waals surface area contributed by atoms with Crippen LogP contribution in [0.2, 0.25) is 5.02 Å². The molecule has 1 fully saturated rings. The largest absolute Gasteiger partial charge is 0.490 e. The lowest BCUT2D eigenvalue weighted by Gasteiger charge is -2.56. The van der Waals surface area contributed by atoms with Crippen molar-refractivity contribution in [2.45, 2.75) is 25.6 Å². The molecule has 9 heteroatoms. The van der Waals surface area contributed by atoms with Gasteiger partial charge < -0.3 is 20.1 Å².